The predicted octanol–water partition coefficient (Wildman–Crippen LogP) is 2.09. The summed E-state index contributed by atoms with van der Waals surface area (Å²) in [6.45, 7) is 1.62. The number of rotatable bonds is 4. The average Bonchev–Trinajstić information content (AvgIpc) is 2.82. The highest BCUT2D eigenvalue weighted by atomic mass is 32.1. The first-order valence-corrected chi connectivity index (χ1v) is 6.14. The zero-order valence-corrected chi connectivity index (χ0v) is 10.5. The molecule has 0 saturated carbocycles. The molecule has 1 amide bonds. The van der Waals surface area contributed by atoms with Crippen molar-refractivity contribution in [2.45, 2.75) is 12.5 Å². The molecule has 1 unspecified atom stereocenters. The summed E-state index contributed by atoms with van der Waals surface area (Å²) in [5.41, 5.74) is 4.75. The van der Waals surface area contributed by atoms with Gasteiger partial charge in [0.15, 0.2) is 5.54 Å². The SMILES string of the molecule is CC(Nc1cccc(F)c1)(C(N)=O)c1nccs1. The van der Waals surface area contributed by atoms with Crippen molar-refractivity contribution in [1.29, 1.82) is 0 Å². The van der Waals surface area contributed by atoms with Gasteiger partial charge in [-0.05, 0) is 25.1 Å². The predicted molar refractivity (Wildman–Crippen MR) is 68.7 cm³/mol. The quantitative estimate of drug-likeness (QED) is 0.889. The van der Waals surface area contributed by atoms with E-state index in [-0.39, 0.29) is 5.82 Å². The van der Waals surface area contributed by atoms with Crippen LogP contribution < -0.4 is 11.1 Å². The molecule has 6 heteroatoms. The van der Waals surface area contributed by atoms with Crippen LogP contribution in [0.1, 0.15) is 11.9 Å². The molecule has 0 aliphatic rings. The summed E-state index contributed by atoms with van der Waals surface area (Å²) in [6.07, 6.45) is 1.59. The topological polar surface area (TPSA) is 68.0 Å². The first-order chi connectivity index (χ1) is 8.52. The monoisotopic (exact) mass is 265 g/mol. The Bertz CT molecular complexity index is 558. The Balaban J connectivity index is 2.36. The second-order valence-electron chi connectivity index (χ2n) is 3.96. The molecule has 4 nitrogen and oxygen atoms in total. The van der Waals surface area contributed by atoms with Gasteiger partial charge in [-0.1, -0.05) is 6.07 Å². The van der Waals surface area contributed by atoms with Crippen LogP contribution in [0.15, 0.2) is 35.8 Å². The lowest BCUT2D eigenvalue weighted by Gasteiger charge is -2.26. The second-order valence-corrected chi connectivity index (χ2v) is 4.86. The molecule has 1 aromatic heterocycles. The van der Waals surface area contributed by atoms with Crippen LogP contribution in [0.2, 0.25) is 0 Å². The van der Waals surface area contributed by atoms with E-state index < -0.39 is 11.4 Å². The third-order valence-electron chi connectivity index (χ3n) is 2.57. The fraction of sp³-hybridized carbons (Fsp3) is 0.167. The number of nitrogens with one attached hydrogen (secondary N) is 1. The summed E-state index contributed by atoms with van der Waals surface area (Å²) in [6, 6.07) is 5.85. The number of thiazole rings is 1. The van der Waals surface area contributed by atoms with E-state index in [1.807, 2.05) is 0 Å². The second kappa shape index (κ2) is 4.73. The van der Waals surface area contributed by atoms with Gasteiger partial charge in [0.1, 0.15) is 10.8 Å². The number of anilines is 1. The number of aromatic nitrogens is 1. The maximum absolute atomic E-state index is 13.1. The van der Waals surface area contributed by atoms with E-state index in [9.17, 15) is 9.18 Å². The number of carbonyl (C=O) groups is 1. The Kier molecular flexibility index (Phi) is 3.29. The van der Waals surface area contributed by atoms with Gasteiger partial charge in [0.25, 0.3) is 0 Å². The van der Waals surface area contributed by atoms with Gasteiger partial charge < -0.3 is 11.1 Å². The van der Waals surface area contributed by atoms with Crippen molar-refractivity contribution in [3.05, 3.63) is 46.7 Å². The smallest absolute Gasteiger partial charge is 0.249 e. The number of nitrogens with two attached hydrogens (primary N) is 1. The highest BCUT2D eigenvalue weighted by Crippen LogP contribution is 2.27. The van der Waals surface area contributed by atoms with Gasteiger partial charge >= 0.3 is 0 Å². The Morgan fingerprint density at radius 1 is 1.56 bits per heavy atom. The van der Waals surface area contributed by atoms with E-state index in [4.69, 9.17) is 5.73 Å². The molecule has 18 heavy (non-hydrogen) atoms. The van der Waals surface area contributed by atoms with Crippen LogP contribution in [0.25, 0.3) is 0 Å². The van der Waals surface area contributed by atoms with E-state index in [0.29, 0.717) is 10.7 Å². The van der Waals surface area contributed by atoms with Crippen molar-refractivity contribution in [3.63, 3.8) is 0 Å². The summed E-state index contributed by atoms with van der Waals surface area (Å²) in [4.78, 5) is 15.7. The van der Waals surface area contributed by atoms with E-state index in [2.05, 4.69) is 10.3 Å². The molecule has 0 bridgehead atoms. The normalized spacial score (nSPS) is 13.9. The number of amides is 1. The number of hydrogen-bond donors (Lipinski definition) is 2. The van der Waals surface area contributed by atoms with Gasteiger partial charge in [0.05, 0.1) is 0 Å². The molecule has 0 spiro atoms. The van der Waals surface area contributed by atoms with Gasteiger partial charge in [-0.2, -0.15) is 0 Å². The maximum Gasteiger partial charge on any atom is 0.249 e. The lowest BCUT2D eigenvalue weighted by Crippen LogP contribution is -2.45. The Hall–Kier alpha value is -1.95. The van der Waals surface area contributed by atoms with E-state index >= 15 is 0 Å². The highest BCUT2D eigenvalue weighted by Gasteiger charge is 2.35. The molecule has 0 aliphatic carbocycles. The molecule has 0 saturated heterocycles. The number of halogens is 1. The number of benzene rings is 1. The van der Waals surface area contributed by atoms with Crippen molar-refractivity contribution in [2.24, 2.45) is 5.73 Å². The van der Waals surface area contributed by atoms with Crippen molar-refractivity contribution in [2.75, 3.05) is 5.32 Å². The fourth-order valence-electron chi connectivity index (χ4n) is 1.55. The molecule has 2 aromatic rings. The van der Waals surface area contributed by atoms with Crippen LogP contribution >= 0.6 is 11.3 Å². The summed E-state index contributed by atoms with van der Waals surface area (Å²) in [5.74, 6) is -0.951. The molecular weight excluding hydrogens is 253 g/mol. The standard InChI is InChI=1S/C12H12FN3OS/c1-12(10(14)17,11-15-5-6-18-11)16-9-4-2-3-8(13)7-9/h2-7,16H,1H3,(H2,14,17). The molecule has 0 radical (unpaired) electrons. The van der Waals surface area contributed by atoms with Gasteiger partial charge in [0.2, 0.25) is 5.91 Å². The summed E-state index contributed by atoms with van der Waals surface area (Å²) < 4.78 is 13.1. The molecular formula is C12H12FN3OS. The maximum atomic E-state index is 13.1. The molecule has 2 rings (SSSR count). The van der Waals surface area contributed by atoms with Crippen LogP contribution in [-0.4, -0.2) is 10.9 Å². The van der Waals surface area contributed by atoms with Gasteiger partial charge in [-0.25, -0.2) is 9.37 Å². The number of nitrogens with zero attached hydrogens (tertiary/aromatic N) is 1. The number of carbonyl (C=O) groups excluding carboxylic acids is 1. The Morgan fingerprint density at radius 3 is 2.89 bits per heavy atom. The molecule has 1 heterocycles. The summed E-state index contributed by atoms with van der Waals surface area (Å²) in [5, 5.41) is 5.23. The first-order valence-electron chi connectivity index (χ1n) is 5.26. The zero-order chi connectivity index (χ0) is 13.2. The van der Waals surface area contributed by atoms with Crippen LogP contribution in [0.3, 0.4) is 0 Å². The minimum atomic E-state index is -1.15. The third kappa shape index (κ3) is 2.33. The first kappa shape index (κ1) is 12.5. The number of primary amides is 1. The molecule has 0 aliphatic heterocycles. The van der Waals surface area contributed by atoms with Gasteiger partial charge in [-0.15, -0.1) is 11.3 Å². The van der Waals surface area contributed by atoms with E-state index in [1.165, 1.54) is 23.5 Å². The minimum Gasteiger partial charge on any atom is -0.367 e. The van der Waals surface area contributed by atoms with Crippen molar-refractivity contribution in [3.8, 4) is 0 Å². The van der Waals surface area contributed by atoms with Crippen LogP contribution in [0.4, 0.5) is 10.1 Å². The van der Waals surface area contributed by atoms with Crippen LogP contribution in [0, 0.1) is 5.82 Å². The van der Waals surface area contributed by atoms with E-state index in [0.717, 1.165) is 0 Å². The number of hydrogen-bond acceptors (Lipinski definition) is 4. The Labute approximate surface area is 108 Å². The summed E-state index contributed by atoms with van der Waals surface area (Å²) >= 11 is 1.31. The lowest BCUT2D eigenvalue weighted by molar-refractivity contribution is -0.122. The third-order valence-corrected chi connectivity index (χ3v) is 3.57. The molecule has 1 atom stereocenters. The highest BCUT2D eigenvalue weighted by molar-refractivity contribution is 7.09. The average molecular weight is 265 g/mol. The summed E-state index contributed by atoms with van der Waals surface area (Å²) in [7, 11) is 0. The lowest BCUT2D eigenvalue weighted by atomic mass is 10.0. The zero-order valence-electron chi connectivity index (χ0n) is 9.68. The van der Waals surface area contributed by atoms with Gasteiger partial charge in [0, 0.05) is 17.3 Å². The Morgan fingerprint density at radius 2 is 2.33 bits per heavy atom. The minimum absolute atomic E-state index is 0.383. The fourth-order valence-corrected chi connectivity index (χ4v) is 2.31. The van der Waals surface area contributed by atoms with Crippen molar-refractivity contribution in [1.82, 2.24) is 4.98 Å². The largest absolute Gasteiger partial charge is 0.367 e. The van der Waals surface area contributed by atoms with Gasteiger partial charge in [-0.3, -0.25) is 4.79 Å². The molecule has 3 N–H and O–H groups in total. The van der Waals surface area contributed by atoms with Crippen LogP contribution in [-0.2, 0) is 10.3 Å². The van der Waals surface area contributed by atoms with Crippen LogP contribution in [0.5, 0.6) is 0 Å². The molecule has 0 fully saturated rings. The van der Waals surface area contributed by atoms with Crippen molar-refractivity contribution < 1.29 is 9.18 Å². The van der Waals surface area contributed by atoms with E-state index in [1.54, 1.807) is 30.6 Å². The van der Waals surface area contributed by atoms with Crippen molar-refractivity contribution >= 4 is 22.9 Å². The molecule has 1 aromatic carbocycles. The molecule has 94 valence electrons.